The summed E-state index contributed by atoms with van der Waals surface area (Å²) in [6.07, 6.45) is 2.20. The predicted octanol–water partition coefficient (Wildman–Crippen LogP) is 2.73. The van der Waals surface area contributed by atoms with E-state index >= 15 is 0 Å². The van der Waals surface area contributed by atoms with Crippen LogP contribution in [-0.4, -0.2) is 6.54 Å². The van der Waals surface area contributed by atoms with Gasteiger partial charge in [-0.25, -0.2) is 4.39 Å². The van der Waals surface area contributed by atoms with Crippen molar-refractivity contribution in [3.63, 3.8) is 0 Å². The first-order valence-electron chi connectivity index (χ1n) is 4.28. The van der Waals surface area contributed by atoms with Crippen molar-refractivity contribution in [2.45, 2.75) is 6.42 Å². The number of benzene rings is 1. The zero-order valence-corrected chi connectivity index (χ0v) is 8.14. The van der Waals surface area contributed by atoms with E-state index in [9.17, 15) is 4.39 Å². The van der Waals surface area contributed by atoms with Gasteiger partial charge in [-0.3, -0.25) is 0 Å². The maximum atomic E-state index is 13.4. The number of halogens is 2. The van der Waals surface area contributed by atoms with E-state index in [1.165, 1.54) is 12.3 Å². The molecule has 2 rings (SSSR count). The molecule has 0 fully saturated rings. The molecule has 0 spiro atoms. The summed E-state index contributed by atoms with van der Waals surface area (Å²) in [5.74, 6) is -0.507. The number of hydrogen-bond acceptors (Lipinski definition) is 2. The number of fused-ring (bicyclic) bond motifs is 1. The minimum atomic E-state index is -0.507. The van der Waals surface area contributed by atoms with Gasteiger partial charge in [-0.05, 0) is 30.7 Å². The van der Waals surface area contributed by atoms with Crippen LogP contribution in [0, 0.1) is 5.82 Å². The fourth-order valence-corrected chi connectivity index (χ4v) is 1.59. The van der Waals surface area contributed by atoms with Crippen LogP contribution in [0.25, 0.3) is 11.0 Å². The normalized spacial score (nSPS) is 11.1. The molecule has 0 saturated carbocycles. The third-order valence-corrected chi connectivity index (χ3v) is 2.42. The molecule has 4 heteroatoms. The highest BCUT2D eigenvalue weighted by Crippen LogP contribution is 2.28. The van der Waals surface area contributed by atoms with E-state index in [0.717, 1.165) is 10.9 Å². The summed E-state index contributed by atoms with van der Waals surface area (Å²) in [5, 5.41) is 0.823. The second-order valence-corrected chi connectivity index (χ2v) is 3.44. The van der Waals surface area contributed by atoms with Gasteiger partial charge in [0.2, 0.25) is 0 Å². The minimum absolute atomic E-state index is 0.0751. The molecule has 0 atom stereocenters. The van der Waals surface area contributed by atoms with Crippen LogP contribution in [0.1, 0.15) is 5.56 Å². The van der Waals surface area contributed by atoms with Crippen molar-refractivity contribution in [1.82, 2.24) is 0 Å². The molecule has 2 N–H and O–H groups in total. The Morgan fingerprint density at radius 3 is 2.93 bits per heavy atom. The van der Waals surface area contributed by atoms with Gasteiger partial charge in [0.1, 0.15) is 0 Å². The lowest BCUT2D eigenvalue weighted by Crippen LogP contribution is -2.01. The van der Waals surface area contributed by atoms with E-state index in [1.807, 2.05) is 0 Å². The molecule has 0 amide bonds. The summed E-state index contributed by atoms with van der Waals surface area (Å²) in [6, 6.07) is 3.27. The van der Waals surface area contributed by atoms with Crippen LogP contribution in [-0.2, 0) is 6.42 Å². The van der Waals surface area contributed by atoms with E-state index in [-0.39, 0.29) is 10.6 Å². The highest BCUT2D eigenvalue weighted by atomic mass is 35.5. The van der Waals surface area contributed by atoms with Gasteiger partial charge in [-0.15, -0.1) is 0 Å². The monoisotopic (exact) mass is 213 g/mol. The van der Waals surface area contributed by atoms with Crippen LogP contribution in [0.4, 0.5) is 4.39 Å². The quantitative estimate of drug-likeness (QED) is 0.833. The SMILES string of the molecule is NCCc1coc2c(F)c(Cl)ccc12. The van der Waals surface area contributed by atoms with Crippen LogP contribution in [0.5, 0.6) is 0 Å². The first-order chi connectivity index (χ1) is 6.74. The van der Waals surface area contributed by atoms with Crippen LogP contribution >= 0.6 is 11.6 Å². The van der Waals surface area contributed by atoms with Gasteiger partial charge >= 0.3 is 0 Å². The molecule has 0 aliphatic carbocycles. The highest BCUT2D eigenvalue weighted by molar-refractivity contribution is 6.31. The van der Waals surface area contributed by atoms with Crippen LogP contribution in [0.3, 0.4) is 0 Å². The summed E-state index contributed by atoms with van der Waals surface area (Å²) < 4.78 is 18.5. The molecular formula is C10H9ClFNO. The molecule has 0 unspecified atom stereocenters. The summed E-state index contributed by atoms with van der Waals surface area (Å²) in [5.41, 5.74) is 6.54. The Morgan fingerprint density at radius 1 is 1.43 bits per heavy atom. The highest BCUT2D eigenvalue weighted by Gasteiger charge is 2.12. The number of rotatable bonds is 2. The number of nitrogens with two attached hydrogens (primary N) is 1. The van der Waals surface area contributed by atoms with Crippen molar-refractivity contribution < 1.29 is 8.81 Å². The lowest BCUT2D eigenvalue weighted by molar-refractivity contribution is 0.558. The first-order valence-corrected chi connectivity index (χ1v) is 4.66. The lowest BCUT2D eigenvalue weighted by Gasteiger charge is -1.96. The Morgan fingerprint density at radius 2 is 2.21 bits per heavy atom. The second-order valence-electron chi connectivity index (χ2n) is 3.04. The van der Waals surface area contributed by atoms with Gasteiger partial charge in [0.05, 0.1) is 11.3 Å². The summed E-state index contributed by atoms with van der Waals surface area (Å²) >= 11 is 5.61. The van der Waals surface area contributed by atoms with Crippen molar-refractivity contribution in [3.05, 3.63) is 34.8 Å². The van der Waals surface area contributed by atoms with Gasteiger partial charge in [-0.2, -0.15) is 0 Å². The predicted molar refractivity (Wildman–Crippen MR) is 53.9 cm³/mol. The third-order valence-electron chi connectivity index (χ3n) is 2.13. The Labute approximate surface area is 85.4 Å². The smallest absolute Gasteiger partial charge is 0.184 e. The average Bonchev–Trinajstić information content (AvgIpc) is 2.57. The molecule has 1 aromatic heterocycles. The van der Waals surface area contributed by atoms with E-state index in [0.29, 0.717) is 13.0 Å². The van der Waals surface area contributed by atoms with E-state index in [2.05, 4.69) is 0 Å². The molecule has 0 aliphatic rings. The molecule has 74 valence electrons. The lowest BCUT2D eigenvalue weighted by atomic mass is 10.1. The van der Waals surface area contributed by atoms with Crippen molar-refractivity contribution in [3.8, 4) is 0 Å². The van der Waals surface area contributed by atoms with Crippen molar-refractivity contribution >= 4 is 22.6 Å². The Kier molecular flexibility index (Phi) is 2.44. The van der Waals surface area contributed by atoms with E-state index in [1.54, 1.807) is 6.07 Å². The Bertz CT molecular complexity index is 466. The van der Waals surface area contributed by atoms with Crippen molar-refractivity contribution in [1.29, 1.82) is 0 Å². The van der Waals surface area contributed by atoms with Gasteiger partial charge in [0.25, 0.3) is 0 Å². The van der Waals surface area contributed by atoms with Gasteiger partial charge < -0.3 is 10.2 Å². The topological polar surface area (TPSA) is 39.2 Å². The summed E-state index contributed by atoms with van der Waals surface area (Å²) in [7, 11) is 0. The molecule has 0 radical (unpaired) electrons. The van der Waals surface area contributed by atoms with Crippen LogP contribution < -0.4 is 5.73 Å². The van der Waals surface area contributed by atoms with Gasteiger partial charge in [-0.1, -0.05) is 11.6 Å². The molecule has 0 saturated heterocycles. The zero-order chi connectivity index (χ0) is 10.1. The summed E-state index contributed by atoms with van der Waals surface area (Å²) in [4.78, 5) is 0. The van der Waals surface area contributed by atoms with E-state index in [4.69, 9.17) is 21.8 Å². The average molecular weight is 214 g/mol. The molecule has 2 nitrogen and oxygen atoms in total. The molecule has 0 bridgehead atoms. The molecule has 1 aromatic carbocycles. The molecule has 2 aromatic rings. The molecule has 0 aliphatic heterocycles. The van der Waals surface area contributed by atoms with E-state index < -0.39 is 5.82 Å². The van der Waals surface area contributed by atoms with Gasteiger partial charge in [0, 0.05) is 5.39 Å². The largest absolute Gasteiger partial charge is 0.461 e. The zero-order valence-electron chi connectivity index (χ0n) is 7.39. The molecule has 14 heavy (non-hydrogen) atoms. The molecule has 1 heterocycles. The molecular weight excluding hydrogens is 205 g/mol. The van der Waals surface area contributed by atoms with Crippen molar-refractivity contribution in [2.75, 3.05) is 6.54 Å². The standard InChI is InChI=1S/C10H9ClFNO/c11-8-2-1-7-6(3-4-13)5-14-10(7)9(8)12/h1-2,5H,3-4,13H2. The fraction of sp³-hybridized carbons (Fsp3) is 0.200. The van der Waals surface area contributed by atoms with Crippen LogP contribution in [0.15, 0.2) is 22.8 Å². The Balaban J connectivity index is 2.64. The first kappa shape index (κ1) is 9.49. The van der Waals surface area contributed by atoms with Crippen LogP contribution in [0.2, 0.25) is 5.02 Å². The minimum Gasteiger partial charge on any atom is -0.461 e. The van der Waals surface area contributed by atoms with Crippen molar-refractivity contribution in [2.24, 2.45) is 5.73 Å². The maximum Gasteiger partial charge on any atom is 0.184 e. The summed E-state index contributed by atoms with van der Waals surface area (Å²) in [6.45, 7) is 0.513. The maximum absolute atomic E-state index is 13.4. The fourth-order valence-electron chi connectivity index (χ4n) is 1.44. The second kappa shape index (κ2) is 3.59. The number of furan rings is 1. The van der Waals surface area contributed by atoms with Gasteiger partial charge in [0.15, 0.2) is 11.4 Å². The third kappa shape index (κ3) is 1.38. The number of hydrogen-bond donors (Lipinski definition) is 1. The Hall–Kier alpha value is -1.06.